The average Bonchev–Trinajstić information content (AvgIpc) is 2.96. The molecule has 1 aromatic carbocycles. The molecule has 2 rings (SSSR count). The minimum Gasteiger partial charge on any atom is -0.355 e. The highest BCUT2D eigenvalue weighted by molar-refractivity contribution is 7.11. The van der Waals surface area contributed by atoms with E-state index in [0.717, 1.165) is 10.4 Å². The highest BCUT2D eigenvalue weighted by Crippen LogP contribution is 2.16. The van der Waals surface area contributed by atoms with Gasteiger partial charge in [-0.2, -0.15) is 0 Å². The maximum absolute atomic E-state index is 12.1. The normalized spacial score (nSPS) is 10.2. The van der Waals surface area contributed by atoms with Gasteiger partial charge in [0.2, 0.25) is 0 Å². The van der Waals surface area contributed by atoms with Gasteiger partial charge in [-0.3, -0.25) is 4.79 Å². The monoisotopic (exact) mass is 331 g/mol. The predicted octanol–water partition coefficient (Wildman–Crippen LogP) is 2.76. The van der Waals surface area contributed by atoms with Crippen LogP contribution in [0.5, 0.6) is 0 Å². The molecule has 1 aromatic heterocycles. The summed E-state index contributed by atoms with van der Waals surface area (Å²) in [6.07, 6.45) is 0. The lowest BCUT2D eigenvalue weighted by Gasteiger charge is -2.17. The van der Waals surface area contributed by atoms with Crippen molar-refractivity contribution in [3.63, 3.8) is 0 Å². The Morgan fingerprint density at radius 2 is 2.00 bits per heavy atom. The van der Waals surface area contributed by atoms with Crippen LogP contribution in [-0.2, 0) is 13.1 Å². The Balaban J connectivity index is 1.89. The van der Waals surface area contributed by atoms with Crippen LogP contribution in [0.25, 0.3) is 0 Å². The van der Waals surface area contributed by atoms with Gasteiger partial charge in [0.05, 0.1) is 6.54 Å². The molecule has 0 radical (unpaired) electrons. The van der Waals surface area contributed by atoms with Crippen LogP contribution in [0.4, 0.5) is 4.79 Å². The third-order valence-electron chi connectivity index (χ3n) is 3.40. The second-order valence-corrected chi connectivity index (χ2v) is 6.68. The minimum absolute atomic E-state index is 0.136. The van der Waals surface area contributed by atoms with Gasteiger partial charge in [-0.15, -0.1) is 11.3 Å². The van der Waals surface area contributed by atoms with Crippen LogP contribution in [0, 0.1) is 6.92 Å². The average molecular weight is 331 g/mol. The van der Waals surface area contributed by atoms with Crippen LogP contribution in [-0.4, -0.2) is 30.9 Å². The first-order chi connectivity index (χ1) is 11.0. The first kappa shape index (κ1) is 17.0. The summed E-state index contributed by atoms with van der Waals surface area (Å²) in [7, 11) is 3.36. The maximum Gasteiger partial charge on any atom is 0.317 e. The summed E-state index contributed by atoms with van der Waals surface area (Å²) in [5, 5.41) is 5.46. The van der Waals surface area contributed by atoms with Crippen LogP contribution in [0.2, 0.25) is 0 Å². The van der Waals surface area contributed by atoms with Crippen molar-refractivity contribution in [1.29, 1.82) is 0 Å². The number of hydrogen-bond acceptors (Lipinski definition) is 3. The van der Waals surface area contributed by atoms with Crippen LogP contribution in [0.1, 0.15) is 25.7 Å². The van der Waals surface area contributed by atoms with Crippen LogP contribution in [0.15, 0.2) is 36.4 Å². The fourth-order valence-corrected chi connectivity index (χ4v) is 3.10. The topological polar surface area (TPSA) is 61.4 Å². The molecule has 0 spiro atoms. The molecule has 0 fully saturated rings. The Morgan fingerprint density at radius 1 is 1.22 bits per heavy atom. The summed E-state index contributed by atoms with van der Waals surface area (Å²) in [6, 6.07) is 11.2. The molecule has 5 nitrogen and oxygen atoms in total. The lowest BCUT2D eigenvalue weighted by atomic mass is 10.1. The standard InChI is InChI=1S/C17H21N3O2S/c1-12-7-8-15(23-12)11-20(3)17(22)19-10-13-5-4-6-14(9-13)16(21)18-2/h4-9H,10-11H2,1-3H3,(H,18,21)(H,19,22). The summed E-state index contributed by atoms with van der Waals surface area (Å²) >= 11 is 1.69. The van der Waals surface area contributed by atoms with Crippen molar-refractivity contribution >= 4 is 23.3 Å². The van der Waals surface area contributed by atoms with Crippen molar-refractivity contribution in [3.8, 4) is 0 Å². The molecule has 0 atom stereocenters. The van der Waals surface area contributed by atoms with Crippen LogP contribution in [0.3, 0.4) is 0 Å². The molecule has 0 aliphatic carbocycles. The number of rotatable bonds is 5. The van der Waals surface area contributed by atoms with E-state index in [1.165, 1.54) is 4.88 Å². The fourth-order valence-electron chi connectivity index (χ4n) is 2.16. The van der Waals surface area contributed by atoms with E-state index in [-0.39, 0.29) is 11.9 Å². The van der Waals surface area contributed by atoms with E-state index in [2.05, 4.69) is 16.7 Å². The Kier molecular flexibility index (Phi) is 5.76. The zero-order chi connectivity index (χ0) is 16.8. The molecule has 0 aliphatic rings. The summed E-state index contributed by atoms with van der Waals surface area (Å²) in [6.45, 7) is 3.02. The van der Waals surface area contributed by atoms with Gasteiger partial charge >= 0.3 is 6.03 Å². The third-order valence-corrected chi connectivity index (χ3v) is 4.38. The Labute approximate surface area is 140 Å². The summed E-state index contributed by atoms with van der Waals surface area (Å²) in [5.41, 5.74) is 1.47. The first-order valence-electron chi connectivity index (χ1n) is 7.35. The van der Waals surface area contributed by atoms with Gasteiger partial charge in [0.15, 0.2) is 0 Å². The largest absolute Gasteiger partial charge is 0.355 e. The molecular weight excluding hydrogens is 310 g/mol. The molecule has 122 valence electrons. The molecule has 0 saturated heterocycles. The lowest BCUT2D eigenvalue weighted by molar-refractivity contribution is 0.0963. The molecular formula is C17H21N3O2S. The summed E-state index contributed by atoms with van der Waals surface area (Å²) < 4.78 is 0. The second kappa shape index (κ2) is 7.78. The van der Waals surface area contributed by atoms with E-state index >= 15 is 0 Å². The first-order valence-corrected chi connectivity index (χ1v) is 8.16. The molecule has 0 bridgehead atoms. The Bertz CT molecular complexity index is 697. The zero-order valence-corrected chi connectivity index (χ0v) is 14.4. The number of carbonyl (C=O) groups is 2. The van der Waals surface area contributed by atoms with Gasteiger partial charge in [-0.1, -0.05) is 12.1 Å². The second-order valence-electron chi connectivity index (χ2n) is 5.31. The number of benzene rings is 1. The zero-order valence-electron chi connectivity index (χ0n) is 13.6. The Hall–Kier alpha value is -2.34. The van der Waals surface area contributed by atoms with Gasteiger partial charge in [-0.05, 0) is 36.8 Å². The van der Waals surface area contributed by atoms with Gasteiger partial charge in [0.25, 0.3) is 5.91 Å². The van der Waals surface area contributed by atoms with Gasteiger partial charge < -0.3 is 15.5 Å². The Morgan fingerprint density at radius 3 is 2.65 bits per heavy atom. The maximum atomic E-state index is 12.1. The van der Waals surface area contributed by atoms with Gasteiger partial charge in [-0.25, -0.2) is 4.79 Å². The van der Waals surface area contributed by atoms with Crippen molar-refractivity contribution < 1.29 is 9.59 Å². The molecule has 1 heterocycles. The molecule has 0 aliphatic heterocycles. The van der Waals surface area contributed by atoms with Crippen LogP contribution >= 0.6 is 11.3 Å². The van der Waals surface area contributed by atoms with Crippen molar-refractivity contribution in [2.24, 2.45) is 0 Å². The van der Waals surface area contributed by atoms with E-state index in [9.17, 15) is 9.59 Å². The summed E-state index contributed by atoms with van der Waals surface area (Å²) in [4.78, 5) is 27.8. The number of hydrogen-bond donors (Lipinski definition) is 2. The van der Waals surface area contributed by atoms with Crippen molar-refractivity contribution in [2.45, 2.75) is 20.0 Å². The van der Waals surface area contributed by atoms with E-state index in [1.807, 2.05) is 25.1 Å². The van der Waals surface area contributed by atoms with Gasteiger partial charge in [0.1, 0.15) is 0 Å². The van der Waals surface area contributed by atoms with Crippen molar-refractivity contribution in [3.05, 3.63) is 57.3 Å². The number of urea groups is 1. The van der Waals surface area contributed by atoms with Crippen molar-refractivity contribution in [2.75, 3.05) is 14.1 Å². The van der Waals surface area contributed by atoms with Crippen molar-refractivity contribution in [1.82, 2.24) is 15.5 Å². The lowest BCUT2D eigenvalue weighted by Crippen LogP contribution is -2.36. The molecule has 0 saturated carbocycles. The van der Waals surface area contributed by atoms with E-state index in [4.69, 9.17) is 0 Å². The number of aryl methyl sites for hydroxylation is 1. The molecule has 0 unspecified atom stereocenters. The predicted molar refractivity (Wildman–Crippen MR) is 92.6 cm³/mol. The molecule has 6 heteroatoms. The molecule has 3 amide bonds. The number of nitrogens with one attached hydrogen (secondary N) is 2. The molecule has 23 heavy (non-hydrogen) atoms. The third kappa shape index (κ3) is 4.82. The highest BCUT2D eigenvalue weighted by Gasteiger charge is 2.10. The SMILES string of the molecule is CNC(=O)c1cccc(CNC(=O)N(C)Cc2ccc(C)s2)c1. The molecule has 2 aromatic rings. The molecule has 2 N–H and O–H groups in total. The fraction of sp³-hybridized carbons (Fsp3) is 0.294. The van der Waals surface area contributed by atoms with E-state index in [1.54, 1.807) is 42.5 Å². The highest BCUT2D eigenvalue weighted by atomic mass is 32.1. The number of carbonyl (C=O) groups excluding carboxylic acids is 2. The van der Waals surface area contributed by atoms with E-state index in [0.29, 0.717) is 18.7 Å². The van der Waals surface area contributed by atoms with Gasteiger partial charge in [0, 0.05) is 36.0 Å². The quantitative estimate of drug-likeness (QED) is 0.885. The van der Waals surface area contributed by atoms with Crippen LogP contribution < -0.4 is 10.6 Å². The smallest absolute Gasteiger partial charge is 0.317 e. The number of thiophene rings is 1. The number of nitrogens with zero attached hydrogens (tertiary/aromatic N) is 1. The van der Waals surface area contributed by atoms with E-state index < -0.39 is 0 Å². The minimum atomic E-state index is -0.138. The number of amides is 3. The summed E-state index contributed by atoms with van der Waals surface area (Å²) in [5.74, 6) is -0.136.